The number of carbonyl (C=O) groups is 1. The molecule has 3 heteroatoms. The van der Waals surface area contributed by atoms with Crippen LogP contribution in [0, 0.1) is 13.8 Å². The lowest BCUT2D eigenvalue weighted by atomic mass is 9.79. The van der Waals surface area contributed by atoms with Gasteiger partial charge in [0.1, 0.15) is 5.75 Å². The Morgan fingerprint density at radius 1 is 1.10 bits per heavy atom. The van der Waals surface area contributed by atoms with E-state index in [9.17, 15) is 9.90 Å². The maximum Gasteiger partial charge on any atom is 0.314 e. The molecule has 1 fully saturated rings. The lowest BCUT2D eigenvalue weighted by Gasteiger charge is -2.28. The second-order valence-corrected chi connectivity index (χ2v) is 6.21. The van der Waals surface area contributed by atoms with Crippen molar-refractivity contribution in [2.24, 2.45) is 0 Å². The Morgan fingerprint density at radius 3 is 2.10 bits per heavy atom. The van der Waals surface area contributed by atoms with Crippen molar-refractivity contribution < 1.29 is 14.6 Å². The number of carboxylic acid groups (broad SMARTS) is 1. The molecule has 1 N–H and O–H groups in total. The predicted octanol–water partition coefficient (Wildman–Crippen LogP) is 3.31. The van der Waals surface area contributed by atoms with Crippen molar-refractivity contribution in [1.82, 2.24) is 0 Å². The first-order valence-corrected chi connectivity index (χ1v) is 7.45. The van der Waals surface area contributed by atoms with Crippen molar-refractivity contribution in [3.8, 4) is 5.75 Å². The van der Waals surface area contributed by atoms with E-state index in [1.165, 1.54) is 29.5 Å². The number of benzene rings is 1. The van der Waals surface area contributed by atoms with Gasteiger partial charge in [-0.1, -0.05) is 0 Å². The first-order valence-electron chi connectivity index (χ1n) is 7.45. The monoisotopic (exact) mass is 274 g/mol. The molecule has 3 rings (SSSR count). The van der Waals surface area contributed by atoms with E-state index in [2.05, 4.69) is 13.8 Å². The molecule has 0 heterocycles. The molecule has 20 heavy (non-hydrogen) atoms. The molecule has 0 bridgehead atoms. The van der Waals surface area contributed by atoms with Crippen LogP contribution in [-0.2, 0) is 23.1 Å². The number of fused-ring (bicyclic) bond motifs is 1. The number of aliphatic carboxylic acids is 1. The molecule has 2 aliphatic carbocycles. The minimum atomic E-state index is -0.700. The number of rotatable bonds is 3. The number of carboxylic acids is 1. The van der Waals surface area contributed by atoms with Gasteiger partial charge in [0, 0.05) is 5.56 Å². The van der Waals surface area contributed by atoms with Gasteiger partial charge in [-0.15, -0.1) is 0 Å². The van der Waals surface area contributed by atoms with Crippen LogP contribution in [0.5, 0.6) is 5.75 Å². The molecule has 1 aromatic carbocycles. The molecule has 0 aliphatic heterocycles. The third-order valence-corrected chi connectivity index (χ3v) is 5.16. The molecule has 1 aromatic rings. The lowest BCUT2D eigenvalue weighted by molar-refractivity contribution is -0.140. The summed E-state index contributed by atoms with van der Waals surface area (Å²) in [5.41, 5.74) is 5.38. The first kappa shape index (κ1) is 13.5. The van der Waals surface area contributed by atoms with Crippen molar-refractivity contribution in [2.75, 3.05) is 7.11 Å². The van der Waals surface area contributed by atoms with Crippen molar-refractivity contribution in [2.45, 2.75) is 57.8 Å². The smallest absolute Gasteiger partial charge is 0.314 e. The highest BCUT2D eigenvalue weighted by Crippen LogP contribution is 2.55. The van der Waals surface area contributed by atoms with E-state index in [1.54, 1.807) is 7.11 Å². The quantitative estimate of drug-likeness (QED) is 0.919. The number of hydrogen-bond acceptors (Lipinski definition) is 2. The van der Waals surface area contributed by atoms with Crippen LogP contribution in [0.2, 0.25) is 0 Å². The van der Waals surface area contributed by atoms with Crippen LogP contribution < -0.4 is 4.74 Å². The zero-order valence-corrected chi connectivity index (χ0v) is 12.5. The van der Waals surface area contributed by atoms with Gasteiger partial charge in [-0.25, -0.2) is 0 Å². The third-order valence-electron chi connectivity index (χ3n) is 5.16. The summed E-state index contributed by atoms with van der Waals surface area (Å²) in [6.45, 7) is 4.17. The van der Waals surface area contributed by atoms with E-state index in [0.29, 0.717) is 0 Å². The Hall–Kier alpha value is -1.51. The van der Waals surface area contributed by atoms with Gasteiger partial charge >= 0.3 is 5.97 Å². The Kier molecular flexibility index (Phi) is 3.03. The molecule has 2 aliphatic rings. The summed E-state index contributed by atoms with van der Waals surface area (Å²) in [6, 6.07) is 0. The fourth-order valence-electron chi connectivity index (χ4n) is 3.91. The Labute approximate surface area is 120 Å². The topological polar surface area (TPSA) is 46.5 Å². The van der Waals surface area contributed by atoms with Gasteiger partial charge in [0.2, 0.25) is 0 Å². The van der Waals surface area contributed by atoms with E-state index < -0.39 is 11.4 Å². The van der Waals surface area contributed by atoms with Crippen LogP contribution in [0.25, 0.3) is 0 Å². The predicted molar refractivity (Wildman–Crippen MR) is 77.7 cm³/mol. The highest BCUT2D eigenvalue weighted by molar-refractivity contribution is 5.87. The van der Waals surface area contributed by atoms with Crippen LogP contribution in [0.4, 0.5) is 0 Å². The van der Waals surface area contributed by atoms with Gasteiger partial charge < -0.3 is 9.84 Å². The average molecular weight is 274 g/mol. The van der Waals surface area contributed by atoms with Crippen molar-refractivity contribution >= 4 is 5.97 Å². The van der Waals surface area contributed by atoms with Crippen LogP contribution in [0.3, 0.4) is 0 Å². The van der Waals surface area contributed by atoms with Gasteiger partial charge in [0.25, 0.3) is 0 Å². The summed E-state index contributed by atoms with van der Waals surface area (Å²) < 4.78 is 5.64. The molecule has 108 valence electrons. The van der Waals surface area contributed by atoms with E-state index in [1.807, 2.05) is 0 Å². The highest BCUT2D eigenvalue weighted by atomic mass is 16.5. The third kappa shape index (κ3) is 1.68. The minimum Gasteiger partial charge on any atom is -0.496 e. The average Bonchev–Trinajstić information content (AvgIpc) is 3.24. The zero-order valence-electron chi connectivity index (χ0n) is 12.5. The van der Waals surface area contributed by atoms with Crippen molar-refractivity contribution in [3.63, 3.8) is 0 Å². The summed E-state index contributed by atoms with van der Waals surface area (Å²) in [7, 11) is 1.67. The largest absolute Gasteiger partial charge is 0.496 e. The summed E-state index contributed by atoms with van der Waals surface area (Å²) in [6.07, 6.45) is 6.07. The van der Waals surface area contributed by atoms with Crippen molar-refractivity contribution in [1.29, 1.82) is 0 Å². The standard InChI is InChI=1S/C17H22O3/c1-10-12-6-4-5-7-13(12)11(2)15(20-3)14(10)17(8-9-17)16(18)19/h4-9H2,1-3H3,(H,18,19). The van der Waals surface area contributed by atoms with Crippen LogP contribution in [0.1, 0.15) is 53.5 Å². The van der Waals surface area contributed by atoms with Gasteiger partial charge in [0.05, 0.1) is 12.5 Å². The van der Waals surface area contributed by atoms with Crippen molar-refractivity contribution in [3.05, 3.63) is 27.8 Å². The van der Waals surface area contributed by atoms with E-state index in [0.717, 1.165) is 42.6 Å². The molecule has 0 aromatic heterocycles. The Bertz CT molecular complexity index is 583. The minimum absolute atomic E-state index is 0.688. The van der Waals surface area contributed by atoms with Gasteiger partial charge in [-0.05, 0) is 74.6 Å². The maximum atomic E-state index is 11.7. The second-order valence-electron chi connectivity index (χ2n) is 6.21. The Balaban J connectivity index is 2.29. The van der Waals surface area contributed by atoms with E-state index in [-0.39, 0.29) is 0 Å². The van der Waals surface area contributed by atoms with E-state index >= 15 is 0 Å². The zero-order chi connectivity index (χ0) is 14.5. The van der Waals surface area contributed by atoms with Crippen LogP contribution >= 0.6 is 0 Å². The van der Waals surface area contributed by atoms with E-state index in [4.69, 9.17) is 4.74 Å². The molecule has 0 spiro atoms. The van der Waals surface area contributed by atoms with Crippen LogP contribution in [0.15, 0.2) is 0 Å². The molecule has 0 atom stereocenters. The first-order chi connectivity index (χ1) is 9.53. The molecule has 0 saturated heterocycles. The molecular weight excluding hydrogens is 252 g/mol. The number of ether oxygens (including phenoxy) is 1. The van der Waals surface area contributed by atoms with Gasteiger partial charge in [0.15, 0.2) is 0 Å². The summed E-state index contributed by atoms with van der Waals surface area (Å²) in [5, 5.41) is 9.64. The highest BCUT2D eigenvalue weighted by Gasteiger charge is 2.54. The number of hydrogen-bond donors (Lipinski definition) is 1. The summed E-state index contributed by atoms with van der Waals surface area (Å²) in [4.78, 5) is 11.7. The number of methoxy groups -OCH3 is 1. The fourth-order valence-corrected chi connectivity index (χ4v) is 3.91. The molecule has 0 amide bonds. The normalized spacial score (nSPS) is 19.4. The Morgan fingerprint density at radius 2 is 1.65 bits per heavy atom. The van der Waals surface area contributed by atoms with Gasteiger partial charge in [-0.3, -0.25) is 4.79 Å². The van der Waals surface area contributed by atoms with Gasteiger partial charge in [-0.2, -0.15) is 0 Å². The molecule has 3 nitrogen and oxygen atoms in total. The maximum absolute atomic E-state index is 11.7. The molecule has 0 radical (unpaired) electrons. The van der Waals surface area contributed by atoms with Crippen LogP contribution in [-0.4, -0.2) is 18.2 Å². The summed E-state index contributed by atoms with van der Waals surface area (Å²) >= 11 is 0. The molecule has 1 saturated carbocycles. The molecule has 0 unspecified atom stereocenters. The molecular formula is C17H22O3. The fraction of sp³-hybridized carbons (Fsp3) is 0.588. The SMILES string of the molecule is COc1c(C)c2c(c(C)c1C1(C(=O)O)CC1)CCCC2. The second kappa shape index (κ2) is 4.51. The lowest BCUT2D eigenvalue weighted by Crippen LogP contribution is -2.24. The summed E-state index contributed by atoms with van der Waals surface area (Å²) in [5.74, 6) is 0.122.